The molecule has 4 atom stereocenters. The molecule has 0 N–H and O–H groups in total. The van der Waals surface area contributed by atoms with Crippen LogP contribution in [0.1, 0.15) is 50.5 Å². The first-order chi connectivity index (χ1) is 16.9. The van der Waals surface area contributed by atoms with Gasteiger partial charge in [0.2, 0.25) is 0 Å². The summed E-state index contributed by atoms with van der Waals surface area (Å²) in [7, 11) is 1.55. The number of alkyl halides is 1. The maximum Gasteiger partial charge on any atom is 0.290 e. The lowest BCUT2D eigenvalue weighted by Gasteiger charge is -2.36. The molecular weight excluding hydrogens is 453 g/mol. The van der Waals surface area contributed by atoms with Crippen LogP contribution in [0.2, 0.25) is 0 Å². The van der Waals surface area contributed by atoms with E-state index in [2.05, 4.69) is 13.8 Å². The Morgan fingerprint density at radius 1 is 1.17 bits per heavy atom. The minimum Gasteiger partial charge on any atom is -0.493 e. The van der Waals surface area contributed by atoms with Crippen molar-refractivity contribution >= 4 is 11.7 Å². The Labute approximate surface area is 203 Å². The predicted molar refractivity (Wildman–Crippen MR) is 124 cm³/mol. The van der Waals surface area contributed by atoms with E-state index in [1.165, 1.54) is 0 Å². The Morgan fingerprint density at radius 3 is 2.71 bits per heavy atom. The van der Waals surface area contributed by atoms with Crippen LogP contribution in [0.5, 0.6) is 11.5 Å². The average molecular weight is 484 g/mol. The highest BCUT2D eigenvalue weighted by Gasteiger charge is 2.53. The molecule has 1 aromatic heterocycles. The molecule has 8 heteroatoms. The van der Waals surface area contributed by atoms with E-state index in [1.807, 2.05) is 6.07 Å². The number of fused-ring (bicyclic) bond motifs is 1. The topological polar surface area (TPSA) is 78.2 Å². The van der Waals surface area contributed by atoms with Gasteiger partial charge in [-0.05, 0) is 55.0 Å². The molecule has 0 radical (unpaired) electrons. The SMILES string of the molecule is COc1cc(C2C3=C(OC4CCC(F)CC4C3=O)C(=O)N2Cc2ccco2)ccc1OCC(C)C. The molecule has 7 nitrogen and oxygen atoms in total. The summed E-state index contributed by atoms with van der Waals surface area (Å²) in [5.74, 6) is 0.915. The molecule has 0 saturated heterocycles. The number of methoxy groups -OCH3 is 1. The number of rotatable bonds is 7. The molecule has 0 spiro atoms. The second kappa shape index (κ2) is 9.40. The van der Waals surface area contributed by atoms with Crippen LogP contribution in [-0.4, -0.2) is 42.6 Å². The number of ketones is 1. The molecule has 4 unspecified atom stereocenters. The van der Waals surface area contributed by atoms with Crippen LogP contribution < -0.4 is 9.47 Å². The number of hydrogen-bond acceptors (Lipinski definition) is 6. The van der Waals surface area contributed by atoms with E-state index in [0.717, 1.165) is 0 Å². The monoisotopic (exact) mass is 483 g/mol. The van der Waals surface area contributed by atoms with E-state index in [4.69, 9.17) is 18.6 Å². The minimum atomic E-state index is -1.04. The second-order valence-corrected chi connectivity index (χ2v) is 9.81. The molecule has 1 saturated carbocycles. The lowest BCUT2D eigenvalue weighted by molar-refractivity contribution is -0.136. The van der Waals surface area contributed by atoms with Crippen LogP contribution in [0.25, 0.3) is 0 Å². The number of hydrogen-bond donors (Lipinski definition) is 0. The number of carbonyl (C=O) groups excluding carboxylic acids is 2. The Balaban J connectivity index is 1.55. The third kappa shape index (κ3) is 4.30. The molecule has 3 aliphatic rings. The number of furan rings is 1. The van der Waals surface area contributed by atoms with Gasteiger partial charge in [0.15, 0.2) is 23.0 Å². The number of nitrogens with zero attached hydrogens (tertiary/aromatic N) is 1. The Morgan fingerprint density at radius 2 is 2.00 bits per heavy atom. The van der Waals surface area contributed by atoms with Crippen LogP contribution >= 0.6 is 0 Å². The summed E-state index contributed by atoms with van der Waals surface area (Å²) in [6, 6.07) is 8.24. The summed E-state index contributed by atoms with van der Waals surface area (Å²) in [4.78, 5) is 28.8. The molecule has 2 aromatic rings. The molecule has 1 aliphatic carbocycles. The first-order valence-electron chi connectivity index (χ1n) is 12.1. The molecule has 1 fully saturated rings. The normalized spacial score (nSPS) is 26.0. The molecule has 1 amide bonds. The molecule has 2 aliphatic heterocycles. The number of ether oxygens (including phenoxy) is 3. The smallest absolute Gasteiger partial charge is 0.290 e. The van der Waals surface area contributed by atoms with E-state index >= 15 is 0 Å². The van der Waals surface area contributed by atoms with Crippen molar-refractivity contribution in [2.24, 2.45) is 11.8 Å². The van der Waals surface area contributed by atoms with Gasteiger partial charge in [-0.2, -0.15) is 0 Å². The highest BCUT2D eigenvalue weighted by atomic mass is 19.1. The summed E-state index contributed by atoms with van der Waals surface area (Å²) >= 11 is 0. The molecule has 186 valence electrons. The number of Topliss-reactive ketones (excluding diaryl/α,β-unsaturated/α-hetero) is 1. The third-order valence-corrected chi connectivity index (χ3v) is 6.86. The van der Waals surface area contributed by atoms with Gasteiger partial charge in [-0.1, -0.05) is 19.9 Å². The number of carbonyl (C=O) groups is 2. The highest BCUT2D eigenvalue weighted by molar-refractivity contribution is 6.11. The summed E-state index contributed by atoms with van der Waals surface area (Å²) in [5.41, 5.74) is 0.974. The molecule has 0 bridgehead atoms. The summed E-state index contributed by atoms with van der Waals surface area (Å²) < 4.78 is 37.3. The van der Waals surface area contributed by atoms with E-state index in [-0.39, 0.29) is 36.0 Å². The minimum absolute atomic E-state index is 0.0733. The maximum atomic E-state index is 14.2. The van der Waals surface area contributed by atoms with Crippen LogP contribution in [0.4, 0.5) is 4.39 Å². The van der Waals surface area contributed by atoms with Crippen molar-refractivity contribution in [3.63, 3.8) is 0 Å². The van der Waals surface area contributed by atoms with Gasteiger partial charge in [-0.3, -0.25) is 9.59 Å². The lowest BCUT2D eigenvalue weighted by Crippen LogP contribution is -2.42. The fourth-order valence-corrected chi connectivity index (χ4v) is 5.17. The van der Waals surface area contributed by atoms with Crippen LogP contribution in [0, 0.1) is 11.8 Å². The van der Waals surface area contributed by atoms with Gasteiger partial charge in [-0.25, -0.2) is 4.39 Å². The Kier molecular flexibility index (Phi) is 6.30. The Hall–Kier alpha value is -3.29. The predicted octanol–water partition coefficient (Wildman–Crippen LogP) is 4.77. The zero-order valence-corrected chi connectivity index (χ0v) is 20.2. The van der Waals surface area contributed by atoms with Crippen molar-refractivity contribution in [3.05, 3.63) is 59.3 Å². The summed E-state index contributed by atoms with van der Waals surface area (Å²) in [5, 5.41) is 0. The Bertz CT molecular complexity index is 1140. The molecular formula is C27H30FNO6. The van der Waals surface area contributed by atoms with Crippen molar-refractivity contribution in [2.45, 2.75) is 58.0 Å². The van der Waals surface area contributed by atoms with Gasteiger partial charge in [0, 0.05) is 0 Å². The van der Waals surface area contributed by atoms with Crippen LogP contribution in [0.15, 0.2) is 52.3 Å². The maximum absolute atomic E-state index is 14.2. The van der Waals surface area contributed by atoms with Crippen LogP contribution in [-0.2, 0) is 20.9 Å². The molecule has 35 heavy (non-hydrogen) atoms. The van der Waals surface area contributed by atoms with E-state index in [9.17, 15) is 14.0 Å². The van der Waals surface area contributed by atoms with Crippen LogP contribution in [0.3, 0.4) is 0 Å². The lowest BCUT2D eigenvalue weighted by atomic mass is 9.77. The third-order valence-electron chi connectivity index (χ3n) is 6.86. The first kappa shape index (κ1) is 23.5. The van der Waals surface area contributed by atoms with E-state index < -0.39 is 24.2 Å². The van der Waals surface area contributed by atoms with Crippen molar-refractivity contribution < 1.29 is 32.6 Å². The summed E-state index contributed by atoms with van der Waals surface area (Å²) in [6.07, 6.45) is 0.894. The fraction of sp³-hybridized carbons (Fsp3) is 0.481. The molecule has 5 rings (SSSR count). The fourth-order valence-electron chi connectivity index (χ4n) is 5.17. The van der Waals surface area contributed by atoms with Crippen molar-refractivity contribution in [1.82, 2.24) is 4.90 Å². The zero-order chi connectivity index (χ0) is 24.7. The molecule has 1 aromatic carbocycles. The second-order valence-electron chi connectivity index (χ2n) is 9.81. The van der Waals surface area contributed by atoms with E-state index in [0.29, 0.717) is 48.2 Å². The first-order valence-corrected chi connectivity index (χ1v) is 12.1. The zero-order valence-electron chi connectivity index (χ0n) is 20.2. The van der Waals surface area contributed by atoms with Gasteiger partial charge < -0.3 is 23.5 Å². The van der Waals surface area contributed by atoms with Gasteiger partial charge in [0.1, 0.15) is 18.0 Å². The van der Waals surface area contributed by atoms with Crippen molar-refractivity contribution in [2.75, 3.05) is 13.7 Å². The largest absolute Gasteiger partial charge is 0.493 e. The number of halogens is 1. The van der Waals surface area contributed by atoms with Crippen molar-refractivity contribution in [1.29, 1.82) is 0 Å². The number of amides is 1. The van der Waals surface area contributed by atoms with Crippen molar-refractivity contribution in [3.8, 4) is 11.5 Å². The van der Waals surface area contributed by atoms with Gasteiger partial charge in [-0.15, -0.1) is 0 Å². The van der Waals surface area contributed by atoms with Gasteiger partial charge in [0.05, 0.1) is 44.1 Å². The highest BCUT2D eigenvalue weighted by Crippen LogP contribution is 2.48. The summed E-state index contributed by atoms with van der Waals surface area (Å²) in [6.45, 7) is 4.80. The number of benzene rings is 1. The standard InChI is InChI=1S/C27H30FNO6/c1-15(2)14-34-21-8-6-16(11-22(21)32-3)24-23-25(30)19-12-17(28)7-9-20(19)35-26(23)27(31)29(24)13-18-5-4-10-33-18/h4-6,8,10-11,15,17,19-20,24H,7,9,12-14H2,1-3H3. The average Bonchev–Trinajstić information content (AvgIpc) is 3.45. The molecule has 3 heterocycles. The van der Waals surface area contributed by atoms with E-state index in [1.54, 1.807) is 42.5 Å². The van der Waals surface area contributed by atoms with Gasteiger partial charge >= 0.3 is 0 Å². The quantitative estimate of drug-likeness (QED) is 0.565. The van der Waals surface area contributed by atoms with Gasteiger partial charge in [0.25, 0.3) is 5.91 Å².